The van der Waals surface area contributed by atoms with Gasteiger partial charge in [-0.1, -0.05) is 23.7 Å². The topological polar surface area (TPSA) is 100 Å². The second-order valence-electron chi connectivity index (χ2n) is 9.90. The molecule has 1 amide bonds. The molecule has 0 bridgehead atoms. The van der Waals surface area contributed by atoms with E-state index in [0.29, 0.717) is 17.0 Å². The maximum atomic E-state index is 13.6. The SMILES string of the molecule is CCOC(=O)[C@H]1CN(S(=O)(=O)c2ccc3cc(Cl)ccc3c2)CC(=O)N1CC1CCN(c2ccncc2)CC1. The number of piperazine rings is 1. The molecule has 5 rings (SSSR count). The van der Waals surface area contributed by atoms with E-state index < -0.39 is 27.9 Å². The van der Waals surface area contributed by atoms with Crippen molar-refractivity contribution < 1.29 is 22.7 Å². The van der Waals surface area contributed by atoms with Crippen LogP contribution in [0.15, 0.2) is 65.8 Å². The molecule has 1 atom stereocenters. The third-order valence-electron chi connectivity index (χ3n) is 7.45. The van der Waals surface area contributed by atoms with Crippen LogP contribution in [0.4, 0.5) is 5.69 Å². The Bertz CT molecular complexity index is 1460. The van der Waals surface area contributed by atoms with E-state index in [0.717, 1.165) is 41.3 Å². The third kappa shape index (κ3) is 5.88. The van der Waals surface area contributed by atoms with Crippen molar-refractivity contribution in [3.05, 3.63) is 65.9 Å². The van der Waals surface area contributed by atoms with E-state index in [4.69, 9.17) is 16.3 Å². The molecule has 206 valence electrons. The van der Waals surface area contributed by atoms with Crippen molar-refractivity contribution >= 4 is 50.0 Å². The van der Waals surface area contributed by atoms with Crippen LogP contribution in [0, 0.1) is 5.92 Å². The summed E-state index contributed by atoms with van der Waals surface area (Å²) in [5, 5.41) is 2.08. The van der Waals surface area contributed by atoms with Crippen molar-refractivity contribution in [2.45, 2.75) is 30.7 Å². The summed E-state index contributed by atoms with van der Waals surface area (Å²) in [4.78, 5) is 34.3. The predicted octanol–water partition coefficient (Wildman–Crippen LogP) is 3.57. The average Bonchev–Trinajstić information content (AvgIpc) is 2.94. The van der Waals surface area contributed by atoms with E-state index in [1.165, 1.54) is 11.0 Å². The first-order valence-electron chi connectivity index (χ1n) is 13.1. The zero-order chi connectivity index (χ0) is 27.6. The average molecular weight is 571 g/mol. The van der Waals surface area contributed by atoms with Gasteiger partial charge in [0.1, 0.15) is 6.04 Å². The molecule has 2 saturated heterocycles. The molecule has 0 unspecified atom stereocenters. The van der Waals surface area contributed by atoms with Gasteiger partial charge >= 0.3 is 5.97 Å². The fourth-order valence-corrected chi connectivity index (χ4v) is 6.95. The van der Waals surface area contributed by atoms with E-state index in [2.05, 4.69) is 9.88 Å². The molecule has 0 N–H and O–H groups in total. The van der Waals surface area contributed by atoms with Crippen LogP contribution in [-0.2, 0) is 24.3 Å². The molecule has 0 radical (unpaired) electrons. The summed E-state index contributed by atoms with van der Waals surface area (Å²) in [5.74, 6) is -0.792. The number of hydrogen-bond acceptors (Lipinski definition) is 7. The van der Waals surface area contributed by atoms with Crippen LogP contribution in [0.25, 0.3) is 10.8 Å². The van der Waals surface area contributed by atoms with Crippen molar-refractivity contribution in [2.75, 3.05) is 44.2 Å². The summed E-state index contributed by atoms with van der Waals surface area (Å²) in [6.45, 7) is 3.40. The van der Waals surface area contributed by atoms with Gasteiger partial charge in [0, 0.05) is 49.3 Å². The second kappa shape index (κ2) is 11.5. The van der Waals surface area contributed by atoms with Crippen LogP contribution in [-0.4, -0.2) is 79.9 Å². The molecule has 2 aliphatic heterocycles. The maximum absolute atomic E-state index is 13.6. The van der Waals surface area contributed by atoms with Crippen molar-refractivity contribution in [3.63, 3.8) is 0 Å². The van der Waals surface area contributed by atoms with E-state index >= 15 is 0 Å². The number of carbonyl (C=O) groups is 2. The Hall–Kier alpha value is -3.21. The third-order valence-corrected chi connectivity index (χ3v) is 9.50. The van der Waals surface area contributed by atoms with Crippen LogP contribution >= 0.6 is 11.6 Å². The van der Waals surface area contributed by atoms with Crippen molar-refractivity contribution in [1.29, 1.82) is 0 Å². The summed E-state index contributed by atoms with van der Waals surface area (Å²) < 4.78 is 33.6. The fraction of sp³-hybridized carbons (Fsp3) is 0.393. The van der Waals surface area contributed by atoms with Crippen LogP contribution < -0.4 is 4.90 Å². The highest BCUT2D eigenvalue weighted by molar-refractivity contribution is 7.89. The number of pyridine rings is 1. The number of halogens is 1. The van der Waals surface area contributed by atoms with Crippen molar-refractivity contribution in [2.24, 2.45) is 5.92 Å². The molecule has 0 aliphatic carbocycles. The first kappa shape index (κ1) is 27.4. The first-order chi connectivity index (χ1) is 18.8. The van der Waals surface area contributed by atoms with Gasteiger partial charge in [0.25, 0.3) is 0 Å². The second-order valence-corrected chi connectivity index (χ2v) is 12.3. The van der Waals surface area contributed by atoms with Gasteiger partial charge in [-0.25, -0.2) is 13.2 Å². The van der Waals surface area contributed by atoms with E-state index in [1.54, 1.807) is 49.6 Å². The number of nitrogens with zero attached hydrogens (tertiary/aromatic N) is 4. The lowest BCUT2D eigenvalue weighted by Gasteiger charge is -2.42. The van der Waals surface area contributed by atoms with Gasteiger partial charge in [-0.15, -0.1) is 0 Å². The number of hydrogen-bond donors (Lipinski definition) is 0. The van der Waals surface area contributed by atoms with Crippen molar-refractivity contribution in [1.82, 2.24) is 14.2 Å². The zero-order valence-corrected chi connectivity index (χ0v) is 23.3. The number of anilines is 1. The fourth-order valence-electron chi connectivity index (χ4n) is 5.33. The lowest BCUT2D eigenvalue weighted by atomic mass is 9.94. The minimum atomic E-state index is -4.04. The maximum Gasteiger partial charge on any atom is 0.330 e. The molecule has 2 aromatic carbocycles. The minimum Gasteiger partial charge on any atom is -0.464 e. The molecular formula is C28H31ClN4O5S. The molecular weight excluding hydrogens is 540 g/mol. The largest absolute Gasteiger partial charge is 0.464 e. The number of piperidine rings is 1. The van der Waals surface area contributed by atoms with Gasteiger partial charge in [-0.05, 0) is 72.9 Å². The van der Waals surface area contributed by atoms with Gasteiger partial charge in [-0.2, -0.15) is 4.31 Å². The molecule has 0 spiro atoms. The standard InChI is InChI=1S/C28H31ClN4O5S/c1-2-38-28(35)26-18-32(39(36,37)25-6-4-21-15-23(29)5-3-22(21)16-25)19-27(34)33(26)17-20-9-13-31(14-10-20)24-7-11-30-12-8-24/h3-8,11-12,15-16,20,26H,2,9-10,13-14,17-19H2,1H3/t26-/m1/s1. The Morgan fingerprint density at radius 2 is 1.74 bits per heavy atom. The van der Waals surface area contributed by atoms with Gasteiger partial charge in [0.05, 0.1) is 18.0 Å². The number of rotatable bonds is 7. The molecule has 3 aromatic rings. The van der Waals surface area contributed by atoms with Crippen LogP contribution in [0.5, 0.6) is 0 Å². The van der Waals surface area contributed by atoms with Gasteiger partial charge in [0.15, 0.2) is 0 Å². The van der Waals surface area contributed by atoms with Crippen LogP contribution in [0.3, 0.4) is 0 Å². The first-order valence-corrected chi connectivity index (χ1v) is 14.9. The predicted molar refractivity (Wildman–Crippen MR) is 149 cm³/mol. The smallest absolute Gasteiger partial charge is 0.330 e. The van der Waals surface area contributed by atoms with Gasteiger partial charge in [0.2, 0.25) is 15.9 Å². The molecule has 9 nitrogen and oxygen atoms in total. The summed E-state index contributed by atoms with van der Waals surface area (Å²) >= 11 is 6.06. The number of esters is 1. The van der Waals surface area contributed by atoms with E-state index in [9.17, 15) is 18.0 Å². The highest BCUT2D eigenvalue weighted by Crippen LogP contribution is 2.29. The number of amides is 1. The molecule has 2 fully saturated rings. The summed E-state index contributed by atoms with van der Waals surface area (Å²) in [5.41, 5.74) is 1.11. The number of carbonyl (C=O) groups excluding carboxylic acids is 2. The normalized spacial score (nSPS) is 19.4. The molecule has 2 aliphatic rings. The minimum absolute atomic E-state index is 0.0599. The molecule has 3 heterocycles. The summed E-state index contributed by atoms with van der Waals surface area (Å²) in [6, 6.07) is 12.9. The van der Waals surface area contributed by atoms with E-state index in [1.807, 2.05) is 12.1 Å². The Morgan fingerprint density at radius 1 is 1.05 bits per heavy atom. The Kier molecular flexibility index (Phi) is 8.06. The lowest BCUT2D eigenvalue weighted by Crippen LogP contribution is -2.61. The summed E-state index contributed by atoms with van der Waals surface area (Å²) in [6.07, 6.45) is 5.24. The molecule has 39 heavy (non-hydrogen) atoms. The zero-order valence-electron chi connectivity index (χ0n) is 21.7. The molecule has 11 heteroatoms. The Labute approximate surface area is 233 Å². The Morgan fingerprint density at radius 3 is 2.46 bits per heavy atom. The number of aromatic nitrogens is 1. The number of ether oxygens (including phenoxy) is 1. The van der Waals surface area contributed by atoms with Crippen molar-refractivity contribution in [3.8, 4) is 0 Å². The monoisotopic (exact) mass is 570 g/mol. The van der Waals surface area contributed by atoms with Crippen LogP contribution in [0.1, 0.15) is 19.8 Å². The highest BCUT2D eigenvalue weighted by atomic mass is 35.5. The van der Waals surface area contributed by atoms with Gasteiger partial charge in [-0.3, -0.25) is 9.78 Å². The Balaban J connectivity index is 1.32. The lowest BCUT2D eigenvalue weighted by molar-refractivity contribution is -0.158. The number of fused-ring (bicyclic) bond motifs is 1. The summed E-state index contributed by atoms with van der Waals surface area (Å²) in [7, 11) is -4.04. The molecule has 1 aromatic heterocycles. The quantitative estimate of drug-likeness (QED) is 0.400. The van der Waals surface area contributed by atoms with E-state index in [-0.39, 0.29) is 30.5 Å². The van der Waals surface area contributed by atoms with Crippen LogP contribution in [0.2, 0.25) is 5.02 Å². The highest BCUT2D eigenvalue weighted by Gasteiger charge is 2.43. The number of benzene rings is 2. The van der Waals surface area contributed by atoms with Gasteiger partial charge < -0.3 is 14.5 Å². The molecule has 0 saturated carbocycles. The number of sulfonamides is 1.